The molecular weight excluding hydrogens is 261 g/mol. The monoisotopic (exact) mass is 265 g/mol. The number of aromatic nitrogens is 1. The van der Waals surface area contributed by atoms with Crippen LogP contribution in [0.4, 0.5) is 17.6 Å². The first-order valence-corrected chi connectivity index (χ1v) is 5.51. The van der Waals surface area contributed by atoms with Gasteiger partial charge in [-0.2, -0.15) is 13.2 Å². The third-order valence-electron chi connectivity index (χ3n) is 1.20. The van der Waals surface area contributed by atoms with Crippen molar-refractivity contribution in [3.63, 3.8) is 0 Å². The van der Waals surface area contributed by atoms with Gasteiger partial charge in [0.1, 0.15) is 5.69 Å². The van der Waals surface area contributed by atoms with E-state index in [0.717, 1.165) is 5.38 Å². The van der Waals surface area contributed by atoms with E-state index in [9.17, 15) is 22.1 Å². The molecule has 86 valence electrons. The molecule has 0 aliphatic rings. The largest absolute Gasteiger partial charge is 0.443 e. The fraction of sp³-hybridized carbons (Fsp3) is 0.400. The van der Waals surface area contributed by atoms with Gasteiger partial charge < -0.3 is 4.89 Å². The summed E-state index contributed by atoms with van der Waals surface area (Å²) in [4.78, 5) is 11.1. The van der Waals surface area contributed by atoms with Crippen molar-refractivity contribution >= 4 is 19.6 Å². The van der Waals surface area contributed by atoms with Gasteiger partial charge >= 0.3 is 14.4 Å². The van der Waals surface area contributed by atoms with Gasteiger partial charge in [-0.25, -0.2) is 9.37 Å². The highest BCUT2D eigenvalue weighted by molar-refractivity contribution is 7.32. The van der Waals surface area contributed by atoms with E-state index in [1.807, 2.05) is 0 Å². The molecule has 1 aromatic heterocycles. The molecule has 0 saturated carbocycles. The van der Waals surface area contributed by atoms with Crippen molar-refractivity contribution in [2.75, 3.05) is 0 Å². The number of hydrogen-bond donors (Lipinski definition) is 1. The van der Waals surface area contributed by atoms with Gasteiger partial charge in [0.05, 0.1) is 0 Å². The normalized spacial score (nSPS) is 16.3. The number of thiazole rings is 1. The molecule has 2 unspecified atom stereocenters. The molecule has 4 nitrogen and oxygen atoms in total. The minimum Gasteiger partial charge on any atom is -0.326 e. The van der Waals surface area contributed by atoms with Gasteiger partial charge in [-0.1, -0.05) is 0 Å². The number of halogens is 4. The molecule has 1 N–H and O–H groups in total. The minimum absolute atomic E-state index is 0.183. The summed E-state index contributed by atoms with van der Waals surface area (Å²) in [5, 5.41) is -0.459. The molecule has 10 heteroatoms. The third kappa shape index (κ3) is 3.53. The second kappa shape index (κ2) is 4.56. The maximum Gasteiger partial charge on any atom is 0.443 e. The maximum atomic E-state index is 12.8. The minimum atomic E-state index is -4.66. The lowest BCUT2D eigenvalue weighted by Crippen LogP contribution is -2.04. The van der Waals surface area contributed by atoms with E-state index in [-0.39, 0.29) is 11.3 Å². The zero-order valence-corrected chi connectivity index (χ0v) is 8.60. The Kier molecular flexibility index (Phi) is 3.82. The van der Waals surface area contributed by atoms with Crippen LogP contribution in [0.15, 0.2) is 5.38 Å². The van der Waals surface area contributed by atoms with Crippen molar-refractivity contribution < 1.29 is 31.5 Å². The first-order valence-electron chi connectivity index (χ1n) is 3.37. The lowest BCUT2D eigenvalue weighted by Gasteiger charge is -2.03. The van der Waals surface area contributed by atoms with Gasteiger partial charge in [0, 0.05) is 5.38 Å². The van der Waals surface area contributed by atoms with Crippen LogP contribution < -0.4 is 0 Å². The fourth-order valence-corrected chi connectivity index (χ4v) is 1.65. The molecule has 0 radical (unpaired) electrons. The van der Waals surface area contributed by atoms with Crippen molar-refractivity contribution in [1.29, 1.82) is 0 Å². The van der Waals surface area contributed by atoms with E-state index in [0.29, 0.717) is 0 Å². The fourth-order valence-electron chi connectivity index (χ4n) is 0.669. The summed E-state index contributed by atoms with van der Waals surface area (Å²) in [6.45, 7) is 0. The van der Waals surface area contributed by atoms with Crippen LogP contribution in [0.2, 0.25) is 0 Å². The van der Waals surface area contributed by atoms with Crippen LogP contribution in [0, 0.1) is 0 Å². The second-order valence-corrected chi connectivity index (χ2v) is 3.90. The molecule has 1 rings (SSSR count). The standard InChI is InChI=1S/C5H4F4NO3PS/c6-3(13-14(11)12)2-1-15-4(10-2)5(7,8)9/h1,3,14H,(H,11,12). The molecule has 0 amide bonds. The van der Waals surface area contributed by atoms with Crippen molar-refractivity contribution in [3.05, 3.63) is 16.1 Å². The van der Waals surface area contributed by atoms with Crippen LogP contribution in [-0.2, 0) is 15.3 Å². The zero-order chi connectivity index (χ0) is 11.6. The van der Waals surface area contributed by atoms with Crippen LogP contribution in [0.5, 0.6) is 0 Å². The van der Waals surface area contributed by atoms with Crippen molar-refractivity contribution in [2.24, 2.45) is 0 Å². The van der Waals surface area contributed by atoms with Gasteiger partial charge in [-0.05, 0) is 0 Å². The highest BCUT2D eigenvalue weighted by atomic mass is 32.1. The van der Waals surface area contributed by atoms with Crippen LogP contribution in [0.25, 0.3) is 0 Å². The Morgan fingerprint density at radius 3 is 2.60 bits per heavy atom. The Hall–Kier alpha value is -0.500. The maximum absolute atomic E-state index is 12.8. The Balaban J connectivity index is 2.80. The Morgan fingerprint density at radius 2 is 2.20 bits per heavy atom. The van der Waals surface area contributed by atoms with Crippen LogP contribution in [-0.4, -0.2) is 9.88 Å². The smallest absolute Gasteiger partial charge is 0.326 e. The van der Waals surface area contributed by atoms with Gasteiger partial charge in [0.15, 0.2) is 5.01 Å². The average molecular weight is 265 g/mol. The van der Waals surface area contributed by atoms with Crippen LogP contribution in [0.1, 0.15) is 17.1 Å². The molecule has 1 aromatic rings. The predicted octanol–water partition coefficient (Wildman–Crippen LogP) is 2.53. The van der Waals surface area contributed by atoms with Crippen molar-refractivity contribution in [3.8, 4) is 0 Å². The van der Waals surface area contributed by atoms with Crippen LogP contribution >= 0.6 is 19.6 Å². The summed E-state index contributed by atoms with van der Waals surface area (Å²) in [6.07, 6.45) is -7.08. The molecule has 2 atom stereocenters. The number of rotatable bonds is 3. The molecule has 0 aliphatic carbocycles. The lowest BCUT2D eigenvalue weighted by atomic mass is 10.5. The number of nitrogens with zero attached hydrogens (tertiary/aromatic N) is 1. The summed E-state index contributed by atoms with van der Waals surface area (Å²) in [6, 6.07) is 0. The summed E-state index contributed by atoms with van der Waals surface area (Å²) in [5.41, 5.74) is -0.667. The third-order valence-corrected chi connectivity index (χ3v) is 2.52. The molecule has 15 heavy (non-hydrogen) atoms. The quantitative estimate of drug-likeness (QED) is 0.674. The molecule has 0 saturated heterocycles. The average Bonchev–Trinajstić information content (AvgIpc) is 2.48. The second-order valence-electron chi connectivity index (χ2n) is 2.28. The van der Waals surface area contributed by atoms with Crippen molar-refractivity contribution in [2.45, 2.75) is 12.5 Å². The lowest BCUT2D eigenvalue weighted by molar-refractivity contribution is -0.137. The van der Waals surface area contributed by atoms with E-state index in [1.165, 1.54) is 0 Å². The first kappa shape index (κ1) is 12.6. The topological polar surface area (TPSA) is 59.4 Å². The summed E-state index contributed by atoms with van der Waals surface area (Å²) >= 11 is 0.183. The summed E-state index contributed by atoms with van der Waals surface area (Å²) in [7, 11) is -3.55. The molecule has 0 spiro atoms. The van der Waals surface area contributed by atoms with E-state index in [4.69, 9.17) is 4.89 Å². The Bertz CT molecular complexity index is 367. The SMILES string of the molecule is O=[PH](O)OC(F)c1csc(C(F)(F)F)n1. The van der Waals surface area contributed by atoms with Gasteiger partial charge in [0.2, 0.25) is 6.36 Å². The summed E-state index contributed by atoms with van der Waals surface area (Å²) in [5.74, 6) is 0. The predicted molar refractivity (Wildman–Crippen MR) is 43.3 cm³/mol. The zero-order valence-electron chi connectivity index (χ0n) is 6.79. The van der Waals surface area contributed by atoms with Crippen LogP contribution in [0.3, 0.4) is 0 Å². The highest BCUT2D eigenvalue weighted by Crippen LogP contribution is 2.35. The van der Waals surface area contributed by atoms with E-state index >= 15 is 0 Å². The van der Waals surface area contributed by atoms with Crippen molar-refractivity contribution in [1.82, 2.24) is 4.98 Å². The molecule has 0 aromatic carbocycles. The van der Waals surface area contributed by atoms with Gasteiger partial charge in [-0.15, -0.1) is 11.3 Å². The molecule has 0 fully saturated rings. The van der Waals surface area contributed by atoms with Gasteiger partial charge in [-0.3, -0.25) is 9.09 Å². The van der Waals surface area contributed by atoms with E-state index in [2.05, 4.69) is 9.51 Å². The Morgan fingerprint density at radius 1 is 1.60 bits per heavy atom. The highest BCUT2D eigenvalue weighted by Gasteiger charge is 2.35. The molecule has 0 bridgehead atoms. The van der Waals surface area contributed by atoms with E-state index < -0.39 is 31.5 Å². The first-order chi connectivity index (χ1) is 6.80. The van der Waals surface area contributed by atoms with E-state index in [1.54, 1.807) is 0 Å². The Labute approximate surface area is 85.5 Å². The number of hydrogen-bond acceptors (Lipinski definition) is 4. The number of alkyl halides is 4. The molecule has 0 aliphatic heterocycles. The van der Waals surface area contributed by atoms with Gasteiger partial charge in [0.25, 0.3) is 0 Å². The molecule has 1 heterocycles. The summed E-state index contributed by atoms with van der Waals surface area (Å²) < 4.78 is 62.7. The molecular formula is C5H4F4NO3PS.